The second kappa shape index (κ2) is 7.64. The summed E-state index contributed by atoms with van der Waals surface area (Å²) in [6.45, 7) is 0. The van der Waals surface area contributed by atoms with Crippen LogP contribution in [-0.2, 0) is 0 Å². The van der Waals surface area contributed by atoms with Crippen molar-refractivity contribution in [1.82, 2.24) is 10.3 Å². The summed E-state index contributed by atoms with van der Waals surface area (Å²) in [5.74, 6) is 0.634. The van der Waals surface area contributed by atoms with Gasteiger partial charge in [-0.15, -0.1) is 11.8 Å². The predicted octanol–water partition coefficient (Wildman–Crippen LogP) is 4.26. The van der Waals surface area contributed by atoms with Gasteiger partial charge < -0.3 is 5.32 Å². The summed E-state index contributed by atoms with van der Waals surface area (Å²) in [5, 5.41) is 3.98. The molecule has 1 amide bonds. The van der Waals surface area contributed by atoms with Crippen LogP contribution in [0.15, 0.2) is 53.7 Å². The first kappa shape index (κ1) is 16.1. The molecule has 0 unspecified atom stereocenters. The number of nitrogens with zero attached hydrogens (tertiary/aromatic N) is 1. The lowest BCUT2D eigenvalue weighted by Gasteiger charge is -2.29. The Kier molecular flexibility index (Phi) is 5.34. The molecule has 1 aromatic heterocycles. The Labute approximate surface area is 141 Å². The third kappa shape index (κ3) is 3.94. The summed E-state index contributed by atoms with van der Waals surface area (Å²) in [5.41, 5.74) is 2.11. The van der Waals surface area contributed by atoms with E-state index in [0.29, 0.717) is 11.5 Å². The quantitative estimate of drug-likeness (QED) is 0.854. The van der Waals surface area contributed by atoms with Gasteiger partial charge in [0.1, 0.15) is 5.03 Å². The lowest BCUT2D eigenvalue weighted by molar-refractivity contribution is 0.0922. The fraction of sp³-hybridized carbons (Fsp3) is 0.368. The maximum atomic E-state index is 12.5. The van der Waals surface area contributed by atoms with Crippen LogP contribution in [0.25, 0.3) is 0 Å². The molecule has 1 aliphatic carbocycles. The van der Waals surface area contributed by atoms with E-state index in [1.807, 2.05) is 18.4 Å². The van der Waals surface area contributed by atoms with Crippen LogP contribution in [0, 0.1) is 0 Å². The predicted molar refractivity (Wildman–Crippen MR) is 94.9 cm³/mol. The Morgan fingerprint density at radius 1 is 1.09 bits per heavy atom. The molecule has 23 heavy (non-hydrogen) atoms. The molecule has 3 nitrogen and oxygen atoms in total. The zero-order valence-corrected chi connectivity index (χ0v) is 14.2. The molecular weight excluding hydrogens is 304 g/mol. The van der Waals surface area contributed by atoms with E-state index < -0.39 is 0 Å². The highest BCUT2D eigenvalue weighted by atomic mass is 32.2. The summed E-state index contributed by atoms with van der Waals surface area (Å²) in [6, 6.07) is 14.6. The van der Waals surface area contributed by atoms with Gasteiger partial charge in [0.2, 0.25) is 0 Å². The monoisotopic (exact) mass is 326 g/mol. The molecule has 120 valence electrons. The summed E-state index contributed by atoms with van der Waals surface area (Å²) < 4.78 is 0. The molecule has 0 aliphatic heterocycles. The number of nitrogens with one attached hydrogen (secondary N) is 1. The number of thioether (sulfide) groups is 1. The standard InChI is InChI=1S/C19H22N2OS/c1-23-19-17(8-5-13-20-19)18(22)21-16-11-9-15(10-12-16)14-6-3-2-4-7-14/h2-8,13,15-16H,9-12H2,1H3,(H,21,22). The van der Waals surface area contributed by atoms with Crippen molar-refractivity contribution >= 4 is 17.7 Å². The van der Waals surface area contributed by atoms with Crippen molar-refractivity contribution in [2.24, 2.45) is 0 Å². The molecule has 1 N–H and O–H groups in total. The number of carbonyl (C=O) groups is 1. The first-order valence-corrected chi connectivity index (χ1v) is 9.35. The first-order chi connectivity index (χ1) is 11.3. The average Bonchev–Trinajstić information content (AvgIpc) is 2.63. The molecule has 1 heterocycles. The Bertz CT molecular complexity index is 651. The van der Waals surface area contributed by atoms with Crippen LogP contribution in [0.3, 0.4) is 0 Å². The third-order valence-electron chi connectivity index (χ3n) is 4.54. The van der Waals surface area contributed by atoms with E-state index in [9.17, 15) is 4.79 Å². The van der Waals surface area contributed by atoms with Crippen molar-refractivity contribution in [3.63, 3.8) is 0 Å². The van der Waals surface area contributed by atoms with E-state index in [2.05, 4.69) is 40.6 Å². The largest absolute Gasteiger partial charge is 0.349 e. The maximum Gasteiger partial charge on any atom is 0.254 e. The van der Waals surface area contributed by atoms with Crippen molar-refractivity contribution in [2.75, 3.05) is 6.26 Å². The summed E-state index contributed by atoms with van der Waals surface area (Å²) in [6.07, 6.45) is 8.03. The minimum atomic E-state index is 0.00520. The molecule has 2 aromatic rings. The van der Waals surface area contributed by atoms with Crippen LogP contribution in [0.4, 0.5) is 0 Å². The Morgan fingerprint density at radius 3 is 2.52 bits per heavy atom. The molecular formula is C19H22N2OS. The highest BCUT2D eigenvalue weighted by Gasteiger charge is 2.24. The number of benzene rings is 1. The molecule has 1 saturated carbocycles. The Morgan fingerprint density at radius 2 is 1.83 bits per heavy atom. The zero-order chi connectivity index (χ0) is 16.1. The molecule has 4 heteroatoms. The van der Waals surface area contributed by atoms with Gasteiger partial charge in [0.25, 0.3) is 5.91 Å². The maximum absolute atomic E-state index is 12.5. The number of pyridine rings is 1. The van der Waals surface area contributed by atoms with Crippen molar-refractivity contribution in [3.8, 4) is 0 Å². The van der Waals surface area contributed by atoms with Crippen molar-refractivity contribution in [1.29, 1.82) is 0 Å². The van der Waals surface area contributed by atoms with Gasteiger partial charge in [0.15, 0.2) is 0 Å². The number of hydrogen-bond donors (Lipinski definition) is 1. The number of carbonyl (C=O) groups excluding carboxylic acids is 1. The van der Waals surface area contributed by atoms with Crippen molar-refractivity contribution in [3.05, 3.63) is 59.8 Å². The number of rotatable bonds is 4. The highest BCUT2D eigenvalue weighted by Crippen LogP contribution is 2.32. The van der Waals surface area contributed by atoms with Crippen LogP contribution in [0.2, 0.25) is 0 Å². The highest BCUT2D eigenvalue weighted by molar-refractivity contribution is 7.98. The SMILES string of the molecule is CSc1ncccc1C(=O)NC1CCC(c2ccccc2)CC1. The number of hydrogen-bond acceptors (Lipinski definition) is 3. The van der Waals surface area contributed by atoms with E-state index in [4.69, 9.17) is 0 Å². The van der Waals surface area contributed by atoms with Gasteiger partial charge in [-0.1, -0.05) is 30.3 Å². The second-order valence-electron chi connectivity index (χ2n) is 5.99. The second-order valence-corrected chi connectivity index (χ2v) is 6.79. The fourth-order valence-corrected chi connectivity index (χ4v) is 3.83. The minimum absolute atomic E-state index is 0.00520. The normalized spacial score (nSPS) is 20.9. The van der Waals surface area contributed by atoms with Gasteiger partial charge in [-0.05, 0) is 55.6 Å². The Balaban J connectivity index is 1.57. The fourth-order valence-electron chi connectivity index (χ4n) is 3.29. The lowest BCUT2D eigenvalue weighted by atomic mass is 9.82. The van der Waals surface area contributed by atoms with Crippen LogP contribution in [0.5, 0.6) is 0 Å². The number of aromatic nitrogens is 1. The zero-order valence-electron chi connectivity index (χ0n) is 13.4. The van der Waals surface area contributed by atoms with Gasteiger partial charge in [-0.25, -0.2) is 4.98 Å². The van der Waals surface area contributed by atoms with Crippen molar-refractivity contribution < 1.29 is 4.79 Å². The minimum Gasteiger partial charge on any atom is -0.349 e. The molecule has 1 fully saturated rings. The molecule has 0 spiro atoms. The first-order valence-electron chi connectivity index (χ1n) is 8.12. The molecule has 0 atom stereocenters. The lowest BCUT2D eigenvalue weighted by Crippen LogP contribution is -2.37. The molecule has 1 aromatic carbocycles. The van der Waals surface area contributed by atoms with Gasteiger partial charge in [0.05, 0.1) is 5.56 Å². The smallest absolute Gasteiger partial charge is 0.254 e. The van der Waals surface area contributed by atoms with Crippen molar-refractivity contribution in [2.45, 2.75) is 42.7 Å². The van der Waals surface area contributed by atoms with Crippen LogP contribution < -0.4 is 5.32 Å². The molecule has 3 rings (SSSR count). The molecule has 0 saturated heterocycles. The molecule has 1 aliphatic rings. The van der Waals surface area contributed by atoms with Gasteiger partial charge in [-0.3, -0.25) is 4.79 Å². The van der Waals surface area contributed by atoms with Crippen LogP contribution in [0.1, 0.15) is 47.5 Å². The van der Waals surface area contributed by atoms with E-state index in [0.717, 1.165) is 30.7 Å². The van der Waals surface area contributed by atoms with E-state index >= 15 is 0 Å². The van der Waals surface area contributed by atoms with E-state index in [1.54, 1.807) is 6.20 Å². The van der Waals surface area contributed by atoms with Gasteiger partial charge in [0, 0.05) is 12.2 Å². The van der Waals surface area contributed by atoms with Crippen LogP contribution >= 0.6 is 11.8 Å². The molecule has 0 radical (unpaired) electrons. The van der Waals surface area contributed by atoms with Crippen LogP contribution in [-0.4, -0.2) is 23.2 Å². The molecule has 0 bridgehead atoms. The average molecular weight is 326 g/mol. The topological polar surface area (TPSA) is 42.0 Å². The summed E-state index contributed by atoms with van der Waals surface area (Å²) in [7, 11) is 0. The van der Waals surface area contributed by atoms with Gasteiger partial charge >= 0.3 is 0 Å². The number of amides is 1. The summed E-state index contributed by atoms with van der Waals surface area (Å²) in [4.78, 5) is 16.7. The van der Waals surface area contributed by atoms with E-state index in [-0.39, 0.29) is 11.9 Å². The summed E-state index contributed by atoms with van der Waals surface area (Å²) >= 11 is 1.51. The Hall–Kier alpha value is -1.81. The third-order valence-corrected chi connectivity index (χ3v) is 5.25. The van der Waals surface area contributed by atoms with Gasteiger partial charge in [-0.2, -0.15) is 0 Å². The van der Waals surface area contributed by atoms with E-state index in [1.165, 1.54) is 17.3 Å².